The SMILES string of the molecule is COc1cccc(-c2ccc(NC(=O)C3CCCN(CC(=O)O)C3)cc2)c1. The standard InChI is InChI=1S/C21H24N2O4/c1-27-19-6-2-4-16(12-19)15-7-9-18(10-8-15)22-21(26)17-5-3-11-23(13-17)14-20(24)25/h2,4,6-10,12,17H,3,5,11,13-14H2,1H3,(H,22,26)(H,24,25). The number of carbonyl (C=O) groups is 2. The number of hydrogen-bond acceptors (Lipinski definition) is 4. The molecule has 27 heavy (non-hydrogen) atoms. The third-order valence-corrected chi connectivity index (χ3v) is 4.79. The fourth-order valence-electron chi connectivity index (χ4n) is 3.40. The van der Waals surface area contributed by atoms with Crippen LogP contribution in [0.15, 0.2) is 48.5 Å². The Morgan fingerprint density at radius 2 is 1.96 bits per heavy atom. The van der Waals surface area contributed by atoms with Crippen LogP contribution in [0.5, 0.6) is 5.75 Å². The van der Waals surface area contributed by atoms with Crippen LogP contribution in [0.3, 0.4) is 0 Å². The van der Waals surface area contributed by atoms with Gasteiger partial charge in [-0.1, -0.05) is 24.3 Å². The van der Waals surface area contributed by atoms with Gasteiger partial charge in [0.15, 0.2) is 0 Å². The minimum atomic E-state index is -0.857. The van der Waals surface area contributed by atoms with Gasteiger partial charge in [-0.15, -0.1) is 0 Å². The molecule has 2 aromatic rings. The zero-order valence-electron chi connectivity index (χ0n) is 15.4. The molecular formula is C21H24N2O4. The summed E-state index contributed by atoms with van der Waals surface area (Å²) >= 11 is 0. The highest BCUT2D eigenvalue weighted by molar-refractivity contribution is 5.93. The normalized spacial score (nSPS) is 17.3. The monoisotopic (exact) mass is 368 g/mol. The number of carbonyl (C=O) groups excluding carboxylic acids is 1. The number of carboxylic acid groups (broad SMARTS) is 1. The van der Waals surface area contributed by atoms with Gasteiger partial charge < -0.3 is 15.2 Å². The Kier molecular flexibility index (Phi) is 6.08. The molecule has 1 heterocycles. The van der Waals surface area contributed by atoms with Gasteiger partial charge in [-0.2, -0.15) is 0 Å². The summed E-state index contributed by atoms with van der Waals surface area (Å²) in [5.74, 6) is -0.298. The molecule has 0 radical (unpaired) electrons. The third kappa shape index (κ3) is 5.08. The van der Waals surface area contributed by atoms with Gasteiger partial charge in [0.2, 0.25) is 5.91 Å². The zero-order chi connectivity index (χ0) is 19.2. The maximum Gasteiger partial charge on any atom is 0.317 e. The van der Waals surface area contributed by atoms with Crippen LogP contribution in [-0.4, -0.2) is 48.6 Å². The van der Waals surface area contributed by atoms with E-state index in [9.17, 15) is 9.59 Å². The van der Waals surface area contributed by atoms with E-state index in [4.69, 9.17) is 9.84 Å². The van der Waals surface area contributed by atoms with E-state index in [-0.39, 0.29) is 18.4 Å². The van der Waals surface area contributed by atoms with E-state index in [2.05, 4.69) is 5.32 Å². The number of amides is 1. The van der Waals surface area contributed by atoms with E-state index in [1.54, 1.807) is 7.11 Å². The van der Waals surface area contributed by atoms with E-state index in [0.717, 1.165) is 42.0 Å². The molecule has 0 spiro atoms. The highest BCUT2D eigenvalue weighted by Crippen LogP contribution is 2.25. The average Bonchev–Trinajstić information content (AvgIpc) is 2.68. The van der Waals surface area contributed by atoms with Crippen LogP contribution in [0.2, 0.25) is 0 Å². The fraction of sp³-hybridized carbons (Fsp3) is 0.333. The molecule has 6 nitrogen and oxygen atoms in total. The molecule has 0 bridgehead atoms. The molecule has 3 rings (SSSR count). The minimum absolute atomic E-state index is 0.0149. The van der Waals surface area contributed by atoms with Crippen molar-refractivity contribution in [1.82, 2.24) is 4.90 Å². The predicted molar refractivity (Wildman–Crippen MR) is 104 cm³/mol. The van der Waals surface area contributed by atoms with Crippen LogP contribution >= 0.6 is 0 Å². The summed E-state index contributed by atoms with van der Waals surface area (Å²) in [7, 11) is 1.64. The van der Waals surface area contributed by atoms with Crippen molar-refractivity contribution in [3.63, 3.8) is 0 Å². The lowest BCUT2D eigenvalue weighted by molar-refractivity contribution is -0.139. The first-order valence-electron chi connectivity index (χ1n) is 9.04. The number of anilines is 1. The highest BCUT2D eigenvalue weighted by atomic mass is 16.5. The van der Waals surface area contributed by atoms with Crippen molar-refractivity contribution in [2.24, 2.45) is 5.92 Å². The number of aliphatic carboxylic acids is 1. The summed E-state index contributed by atoms with van der Waals surface area (Å²) in [5, 5.41) is 11.9. The number of rotatable bonds is 6. The fourth-order valence-corrected chi connectivity index (χ4v) is 3.40. The largest absolute Gasteiger partial charge is 0.497 e. The number of likely N-dealkylation sites (tertiary alicyclic amines) is 1. The van der Waals surface area contributed by atoms with E-state index in [0.29, 0.717) is 6.54 Å². The molecule has 0 aliphatic carbocycles. The van der Waals surface area contributed by atoms with Gasteiger partial charge in [-0.3, -0.25) is 14.5 Å². The maximum atomic E-state index is 12.5. The molecule has 6 heteroatoms. The van der Waals surface area contributed by atoms with Gasteiger partial charge in [-0.05, 0) is 54.8 Å². The second-order valence-electron chi connectivity index (χ2n) is 6.77. The van der Waals surface area contributed by atoms with Crippen LogP contribution in [0, 0.1) is 5.92 Å². The molecule has 1 unspecified atom stereocenters. The van der Waals surface area contributed by atoms with Gasteiger partial charge in [0.25, 0.3) is 0 Å². The maximum absolute atomic E-state index is 12.5. The molecule has 0 saturated carbocycles. The first-order chi connectivity index (χ1) is 13.0. The van der Waals surface area contributed by atoms with Crippen molar-refractivity contribution in [1.29, 1.82) is 0 Å². The number of nitrogens with one attached hydrogen (secondary N) is 1. The van der Waals surface area contributed by atoms with Crippen molar-refractivity contribution in [2.75, 3.05) is 32.1 Å². The molecule has 1 amide bonds. The Balaban J connectivity index is 1.62. The van der Waals surface area contributed by atoms with Gasteiger partial charge in [0, 0.05) is 12.2 Å². The van der Waals surface area contributed by atoms with Crippen molar-refractivity contribution in [2.45, 2.75) is 12.8 Å². The summed E-state index contributed by atoms with van der Waals surface area (Å²) in [4.78, 5) is 25.2. The second-order valence-corrected chi connectivity index (χ2v) is 6.77. The minimum Gasteiger partial charge on any atom is -0.497 e. The van der Waals surface area contributed by atoms with Crippen LogP contribution in [-0.2, 0) is 9.59 Å². The summed E-state index contributed by atoms with van der Waals surface area (Å²) < 4.78 is 5.25. The number of hydrogen-bond donors (Lipinski definition) is 2. The molecule has 1 atom stereocenters. The Labute approximate surface area is 158 Å². The summed E-state index contributed by atoms with van der Waals surface area (Å²) in [6, 6.07) is 15.5. The topological polar surface area (TPSA) is 78.9 Å². The molecular weight excluding hydrogens is 344 g/mol. The lowest BCUT2D eigenvalue weighted by atomic mass is 9.97. The number of nitrogens with zero attached hydrogens (tertiary/aromatic N) is 1. The smallest absolute Gasteiger partial charge is 0.317 e. The van der Waals surface area contributed by atoms with E-state index >= 15 is 0 Å². The number of methoxy groups -OCH3 is 1. The molecule has 142 valence electrons. The first kappa shape index (κ1) is 18.9. The van der Waals surface area contributed by atoms with Crippen molar-refractivity contribution in [3.05, 3.63) is 48.5 Å². The van der Waals surface area contributed by atoms with Crippen molar-refractivity contribution < 1.29 is 19.4 Å². The third-order valence-electron chi connectivity index (χ3n) is 4.79. The van der Waals surface area contributed by atoms with Gasteiger partial charge in [0.05, 0.1) is 19.6 Å². The number of piperidine rings is 1. The van der Waals surface area contributed by atoms with Crippen molar-refractivity contribution >= 4 is 17.6 Å². The molecule has 1 saturated heterocycles. The first-order valence-corrected chi connectivity index (χ1v) is 9.04. The van der Waals surface area contributed by atoms with Gasteiger partial charge in [-0.25, -0.2) is 0 Å². The molecule has 0 aromatic heterocycles. The Bertz CT molecular complexity index is 804. The van der Waals surface area contributed by atoms with E-state index < -0.39 is 5.97 Å². The molecule has 1 fully saturated rings. The lowest BCUT2D eigenvalue weighted by Gasteiger charge is -2.30. The zero-order valence-corrected chi connectivity index (χ0v) is 15.4. The quantitative estimate of drug-likeness (QED) is 0.819. The van der Waals surface area contributed by atoms with E-state index in [1.807, 2.05) is 53.4 Å². The summed E-state index contributed by atoms with van der Waals surface area (Å²) in [6.07, 6.45) is 1.62. The van der Waals surface area contributed by atoms with Crippen LogP contribution in [0.25, 0.3) is 11.1 Å². The van der Waals surface area contributed by atoms with Gasteiger partial charge >= 0.3 is 5.97 Å². The Hall–Kier alpha value is -2.86. The Morgan fingerprint density at radius 1 is 1.19 bits per heavy atom. The summed E-state index contributed by atoms with van der Waals surface area (Å²) in [6.45, 7) is 1.20. The second kappa shape index (κ2) is 8.68. The molecule has 1 aliphatic heterocycles. The number of carboxylic acids is 1. The lowest BCUT2D eigenvalue weighted by Crippen LogP contribution is -2.42. The highest BCUT2D eigenvalue weighted by Gasteiger charge is 2.26. The number of benzene rings is 2. The molecule has 2 N–H and O–H groups in total. The van der Waals surface area contributed by atoms with Crippen LogP contribution in [0.1, 0.15) is 12.8 Å². The molecule has 1 aliphatic rings. The predicted octanol–water partition coefficient (Wildman–Crippen LogP) is 3.10. The van der Waals surface area contributed by atoms with Crippen LogP contribution in [0.4, 0.5) is 5.69 Å². The number of ether oxygens (including phenoxy) is 1. The molecule has 2 aromatic carbocycles. The Morgan fingerprint density at radius 3 is 2.67 bits per heavy atom. The van der Waals surface area contributed by atoms with Crippen molar-refractivity contribution in [3.8, 4) is 16.9 Å². The van der Waals surface area contributed by atoms with Gasteiger partial charge in [0.1, 0.15) is 5.75 Å². The summed E-state index contributed by atoms with van der Waals surface area (Å²) in [5.41, 5.74) is 2.82. The average molecular weight is 368 g/mol. The van der Waals surface area contributed by atoms with Crippen LogP contribution < -0.4 is 10.1 Å². The van der Waals surface area contributed by atoms with E-state index in [1.165, 1.54) is 0 Å².